The van der Waals surface area contributed by atoms with Crippen molar-refractivity contribution in [2.45, 2.75) is 38.9 Å². The Kier molecular flexibility index (Phi) is 5.90. The molecule has 1 saturated carbocycles. The lowest BCUT2D eigenvalue weighted by Gasteiger charge is -2.36. The number of carbonyl (C=O) groups excluding carboxylic acids is 1. The summed E-state index contributed by atoms with van der Waals surface area (Å²) >= 11 is 0. The predicted molar refractivity (Wildman–Crippen MR) is 124 cm³/mol. The van der Waals surface area contributed by atoms with Crippen molar-refractivity contribution in [3.05, 3.63) is 65.4 Å². The molecule has 1 aliphatic heterocycles. The van der Waals surface area contributed by atoms with Crippen LogP contribution in [0.2, 0.25) is 0 Å². The zero-order chi connectivity index (χ0) is 24.7. The van der Waals surface area contributed by atoms with Gasteiger partial charge in [-0.2, -0.15) is 13.2 Å². The fourth-order valence-electron chi connectivity index (χ4n) is 4.60. The highest BCUT2D eigenvalue weighted by Gasteiger charge is 2.47. The molecule has 0 bridgehead atoms. The molecule has 2 fully saturated rings. The lowest BCUT2D eigenvalue weighted by atomic mass is 10.00. The molecule has 35 heavy (non-hydrogen) atoms. The van der Waals surface area contributed by atoms with Gasteiger partial charge in [-0.25, -0.2) is 19.9 Å². The molecule has 0 spiro atoms. The molecule has 1 saturated heterocycles. The number of hydrogen-bond donors (Lipinski definition) is 1. The van der Waals surface area contributed by atoms with E-state index in [0.717, 1.165) is 30.7 Å². The Morgan fingerprint density at radius 3 is 2.49 bits per heavy atom. The number of likely N-dealkylation sites (tertiary alicyclic amines) is 1. The van der Waals surface area contributed by atoms with Gasteiger partial charge in [0.05, 0.1) is 11.1 Å². The van der Waals surface area contributed by atoms with Crippen LogP contribution in [0.4, 0.5) is 19.0 Å². The summed E-state index contributed by atoms with van der Waals surface area (Å²) in [6.45, 7) is 4.74. The number of anilines is 1. The third kappa shape index (κ3) is 4.96. The molecule has 1 amide bonds. The number of piperidine rings is 1. The number of amides is 1. The summed E-state index contributed by atoms with van der Waals surface area (Å²) in [5, 5.41) is 3.11. The number of halogens is 3. The summed E-state index contributed by atoms with van der Waals surface area (Å²) < 4.78 is 38.5. The zero-order valence-electron chi connectivity index (χ0n) is 19.4. The lowest BCUT2D eigenvalue weighted by molar-refractivity contribution is -0.137. The van der Waals surface area contributed by atoms with Gasteiger partial charge >= 0.3 is 6.18 Å². The van der Waals surface area contributed by atoms with Crippen LogP contribution in [-0.4, -0.2) is 49.9 Å². The predicted octanol–water partition coefficient (Wildman–Crippen LogP) is 4.53. The van der Waals surface area contributed by atoms with Crippen LogP contribution in [-0.2, 0) is 6.18 Å². The molecule has 0 aromatic carbocycles. The van der Waals surface area contributed by atoms with E-state index in [1.165, 1.54) is 6.07 Å². The van der Waals surface area contributed by atoms with Crippen LogP contribution in [0, 0.1) is 25.7 Å². The first kappa shape index (κ1) is 23.2. The van der Waals surface area contributed by atoms with Gasteiger partial charge in [0.1, 0.15) is 11.5 Å². The Morgan fingerprint density at radius 2 is 1.80 bits per heavy atom. The van der Waals surface area contributed by atoms with Crippen molar-refractivity contribution in [2.75, 3.05) is 18.4 Å². The van der Waals surface area contributed by atoms with E-state index in [1.54, 1.807) is 12.4 Å². The molecule has 4 heterocycles. The standard InChI is InChI=1S/C25H25F3N6O/c1-14-9-31-23(32-10-14)20-5-3-15(2)33-22(20)24(35)34-13-17-7-16(17)8-19(34)12-30-21-6-4-18(11-29-21)25(26,27)28/h3-6,9-11,16-17,19H,7-8,12-13H2,1-2H3,(H,29,30)/t16-,17+,19+/m1/s1. The molecular weight excluding hydrogens is 457 g/mol. The largest absolute Gasteiger partial charge is 0.417 e. The van der Waals surface area contributed by atoms with Crippen LogP contribution in [0.25, 0.3) is 11.4 Å². The Hall–Kier alpha value is -3.56. The van der Waals surface area contributed by atoms with Gasteiger partial charge in [0.2, 0.25) is 0 Å². The van der Waals surface area contributed by atoms with Crippen molar-refractivity contribution in [1.29, 1.82) is 0 Å². The molecule has 10 heteroatoms. The average Bonchev–Trinajstić information content (AvgIpc) is 3.60. The lowest BCUT2D eigenvalue weighted by Crippen LogP contribution is -2.48. The van der Waals surface area contributed by atoms with Crippen LogP contribution >= 0.6 is 0 Å². The van der Waals surface area contributed by atoms with Crippen LogP contribution in [0.3, 0.4) is 0 Å². The molecule has 3 aromatic heterocycles. The molecule has 0 radical (unpaired) electrons. The number of carbonyl (C=O) groups is 1. The van der Waals surface area contributed by atoms with E-state index in [0.29, 0.717) is 53.5 Å². The van der Waals surface area contributed by atoms with Gasteiger partial charge in [-0.15, -0.1) is 0 Å². The highest BCUT2D eigenvalue weighted by atomic mass is 19.4. The second-order valence-corrected chi connectivity index (χ2v) is 9.35. The summed E-state index contributed by atoms with van der Waals surface area (Å²) in [5.41, 5.74) is 1.73. The molecule has 3 aromatic rings. The number of nitrogens with one attached hydrogen (secondary N) is 1. The van der Waals surface area contributed by atoms with Gasteiger partial charge < -0.3 is 10.2 Å². The fraction of sp³-hybridized carbons (Fsp3) is 0.400. The average molecular weight is 483 g/mol. The van der Waals surface area contributed by atoms with E-state index < -0.39 is 11.7 Å². The topological polar surface area (TPSA) is 83.9 Å². The van der Waals surface area contributed by atoms with Crippen molar-refractivity contribution in [1.82, 2.24) is 24.8 Å². The van der Waals surface area contributed by atoms with E-state index in [1.807, 2.05) is 30.9 Å². The Labute approximate surface area is 200 Å². The molecule has 182 valence electrons. The number of hydrogen-bond acceptors (Lipinski definition) is 6. The maximum atomic E-state index is 13.8. The summed E-state index contributed by atoms with van der Waals surface area (Å²) in [6.07, 6.45) is 1.69. The normalized spacial score (nSPS) is 21.4. The van der Waals surface area contributed by atoms with Crippen LogP contribution in [0.1, 0.15) is 40.2 Å². The zero-order valence-corrected chi connectivity index (χ0v) is 19.4. The Balaban J connectivity index is 1.38. The van der Waals surface area contributed by atoms with Gasteiger partial charge in [-0.3, -0.25) is 4.79 Å². The second kappa shape index (κ2) is 8.90. The summed E-state index contributed by atoms with van der Waals surface area (Å²) in [7, 11) is 0. The van der Waals surface area contributed by atoms with Crippen LogP contribution in [0.5, 0.6) is 0 Å². The van der Waals surface area contributed by atoms with Gasteiger partial charge in [0.15, 0.2) is 5.82 Å². The maximum Gasteiger partial charge on any atom is 0.417 e. The van der Waals surface area contributed by atoms with Gasteiger partial charge in [-0.05, 0) is 68.4 Å². The van der Waals surface area contributed by atoms with Crippen molar-refractivity contribution in [3.8, 4) is 11.4 Å². The number of rotatable bonds is 5. The number of pyridine rings is 2. The molecule has 3 atom stereocenters. The SMILES string of the molecule is Cc1cnc(-c2ccc(C)nc2C(=O)N2C[C@@H]3C[C@@H]3C[C@H]2CNc2ccc(C(F)(F)F)cn2)nc1. The smallest absolute Gasteiger partial charge is 0.368 e. The highest BCUT2D eigenvalue weighted by Crippen LogP contribution is 2.47. The van der Waals surface area contributed by atoms with Gasteiger partial charge in [0.25, 0.3) is 5.91 Å². The monoisotopic (exact) mass is 482 g/mol. The molecule has 2 aliphatic rings. The minimum absolute atomic E-state index is 0.135. The first-order valence-corrected chi connectivity index (χ1v) is 11.5. The van der Waals surface area contributed by atoms with Crippen molar-refractivity contribution >= 4 is 11.7 Å². The molecule has 1 aliphatic carbocycles. The number of aryl methyl sites for hydroxylation is 2. The van der Waals surface area contributed by atoms with E-state index in [4.69, 9.17) is 0 Å². The first-order valence-electron chi connectivity index (χ1n) is 11.5. The first-order chi connectivity index (χ1) is 16.7. The minimum atomic E-state index is -4.43. The minimum Gasteiger partial charge on any atom is -0.368 e. The molecule has 7 nitrogen and oxygen atoms in total. The van der Waals surface area contributed by atoms with Crippen LogP contribution < -0.4 is 5.32 Å². The summed E-state index contributed by atoms with van der Waals surface area (Å²) in [4.78, 5) is 32.9. The third-order valence-corrected chi connectivity index (χ3v) is 6.65. The van der Waals surface area contributed by atoms with Crippen molar-refractivity contribution in [3.63, 3.8) is 0 Å². The van der Waals surface area contributed by atoms with Gasteiger partial charge in [-0.1, -0.05) is 0 Å². The third-order valence-electron chi connectivity index (χ3n) is 6.65. The van der Waals surface area contributed by atoms with Crippen molar-refractivity contribution < 1.29 is 18.0 Å². The highest BCUT2D eigenvalue weighted by molar-refractivity contribution is 5.98. The number of alkyl halides is 3. The summed E-state index contributed by atoms with van der Waals surface area (Å²) in [5.74, 6) is 1.63. The number of aromatic nitrogens is 4. The fourth-order valence-corrected chi connectivity index (χ4v) is 4.60. The number of fused-ring (bicyclic) bond motifs is 1. The van der Waals surface area contributed by atoms with E-state index in [2.05, 4.69) is 25.3 Å². The van der Waals surface area contributed by atoms with Crippen LogP contribution in [0.15, 0.2) is 42.9 Å². The quantitative estimate of drug-likeness (QED) is 0.575. The second-order valence-electron chi connectivity index (χ2n) is 9.35. The molecule has 0 unspecified atom stereocenters. The van der Waals surface area contributed by atoms with Gasteiger partial charge in [0, 0.05) is 43.4 Å². The Bertz CT molecular complexity index is 1230. The van der Waals surface area contributed by atoms with E-state index in [-0.39, 0.29) is 11.9 Å². The van der Waals surface area contributed by atoms with E-state index >= 15 is 0 Å². The van der Waals surface area contributed by atoms with Crippen molar-refractivity contribution in [2.24, 2.45) is 11.8 Å². The summed E-state index contributed by atoms with van der Waals surface area (Å²) in [6, 6.07) is 5.83. The molecular formula is C25H25F3N6O. The molecule has 5 rings (SSSR count). The molecule has 1 N–H and O–H groups in total. The Morgan fingerprint density at radius 1 is 1.03 bits per heavy atom. The maximum absolute atomic E-state index is 13.8. The number of nitrogens with zero attached hydrogens (tertiary/aromatic N) is 5. The van der Waals surface area contributed by atoms with E-state index in [9.17, 15) is 18.0 Å².